The molecule has 31 heavy (non-hydrogen) atoms. The summed E-state index contributed by atoms with van der Waals surface area (Å²) < 4.78 is 1.98. The van der Waals surface area contributed by atoms with Gasteiger partial charge in [0, 0.05) is 27.0 Å². The largest absolute Gasteiger partial charge is 0.478 e. The molecule has 0 unspecified atom stereocenters. The molecule has 1 amide bonds. The Bertz CT molecular complexity index is 1090. The van der Waals surface area contributed by atoms with Crippen molar-refractivity contribution in [2.75, 3.05) is 0 Å². The van der Waals surface area contributed by atoms with Gasteiger partial charge in [-0.05, 0) is 66.3 Å². The quantitative estimate of drug-likeness (QED) is 0.482. The van der Waals surface area contributed by atoms with Crippen LogP contribution in [0.1, 0.15) is 36.4 Å². The number of amides is 1. The van der Waals surface area contributed by atoms with Crippen LogP contribution in [0.2, 0.25) is 0 Å². The number of carbonyl (C=O) groups is 2. The third-order valence-electron chi connectivity index (χ3n) is 5.52. The van der Waals surface area contributed by atoms with E-state index in [-0.39, 0.29) is 12.0 Å². The van der Waals surface area contributed by atoms with Crippen molar-refractivity contribution in [3.63, 3.8) is 0 Å². The molecule has 2 aromatic rings. The molecule has 4 rings (SSSR count). The van der Waals surface area contributed by atoms with Crippen molar-refractivity contribution in [1.29, 1.82) is 0 Å². The van der Waals surface area contributed by atoms with E-state index in [1.165, 1.54) is 5.01 Å². The lowest BCUT2D eigenvalue weighted by molar-refractivity contribution is -0.132. The summed E-state index contributed by atoms with van der Waals surface area (Å²) in [6.45, 7) is 0. The number of halogens is 2. The molecule has 1 aliphatic carbocycles. The molecule has 0 aromatic heterocycles. The van der Waals surface area contributed by atoms with Gasteiger partial charge in [-0.2, -0.15) is 5.10 Å². The highest BCUT2D eigenvalue weighted by Crippen LogP contribution is 2.44. The number of benzene rings is 2. The molecule has 2 aliphatic rings. The van der Waals surface area contributed by atoms with E-state index in [1.54, 1.807) is 0 Å². The van der Waals surface area contributed by atoms with Gasteiger partial charge in [-0.3, -0.25) is 4.79 Å². The first-order chi connectivity index (χ1) is 14.9. The van der Waals surface area contributed by atoms with Gasteiger partial charge >= 0.3 is 5.97 Å². The van der Waals surface area contributed by atoms with Gasteiger partial charge in [-0.1, -0.05) is 56.1 Å². The lowest BCUT2D eigenvalue weighted by atomic mass is 9.77. The Balaban J connectivity index is 1.74. The molecule has 0 spiro atoms. The van der Waals surface area contributed by atoms with Crippen LogP contribution in [0.25, 0.3) is 6.08 Å². The Kier molecular flexibility index (Phi) is 6.53. The van der Waals surface area contributed by atoms with Gasteiger partial charge in [0.25, 0.3) is 5.91 Å². The zero-order valence-corrected chi connectivity index (χ0v) is 19.7. The number of fused-ring (bicyclic) bond motifs is 1. The number of hydrazone groups is 1. The Morgan fingerprint density at radius 2 is 1.65 bits per heavy atom. The van der Waals surface area contributed by atoms with Crippen molar-refractivity contribution < 1.29 is 14.7 Å². The van der Waals surface area contributed by atoms with E-state index < -0.39 is 11.9 Å². The number of hydrogen-bond donors (Lipinski definition) is 1. The van der Waals surface area contributed by atoms with Crippen molar-refractivity contribution in [1.82, 2.24) is 5.01 Å². The summed E-state index contributed by atoms with van der Waals surface area (Å²) in [7, 11) is 0. The average molecular weight is 544 g/mol. The standard InChI is InChI=1S/C24H20Br2N2O3/c25-18-8-4-15(5-9-18)14-17-2-1-3-20-23(17)27-28(21(29)12-13-22(30)31)24(20)16-6-10-19(26)11-7-16/h4-14,20,24H,1-3H2,(H,30,31)/b13-12-,17-14+/t20-,24+/m1/s1. The Morgan fingerprint density at radius 1 is 1.00 bits per heavy atom. The van der Waals surface area contributed by atoms with E-state index in [9.17, 15) is 9.59 Å². The fraction of sp³-hybridized carbons (Fsp3) is 0.208. The van der Waals surface area contributed by atoms with Gasteiger partial charge in [0.05, 0.1) is 11.8 Å². The molecule has 1 heterocycles. The van der Waals surface area contributed by atoms with Crippen LogP contribution in [0.15, 0.2) is 80.3 Å². The lowest BCUT2D eigenvalue weighted by Crippen LogP contribution is -2.31. The molecule has 1 aliphatic heterocycles. The summed E-state index contributed by atoms with van der Waals surface area (Å²) in [6, 6.07) is 15.7. The predicted octanol–water partition coefficient (Wildman–Crippen LogP) is 5.98. The molecule has 7 heteroatoms. The highest BCUT2D eigenvalue weighted by atomic mass is 79.9. The second kappa shape index (κ2) is 9.32. The SMILES string of the molecule is O=C(O)/C=C\C(=O)N1N=C2/C(=C/c3ccc(Br)cc3)CCC[C@H]2[C@@H]1c1ccc(Br)cc1. The maximum atomic E-state index is 12.9. The van der Waals surface area contributed by atoms with Crippen LogP contribution in [0.4, 0.5) is 0 Å². The van der Waals surface area contributed by atoms with Crippen molar-refractivity contribution in [3.8, 4) is 0 Å². The highest BCUT2D eigenvalue weighted by molar-refractivity contribution is 9.10. The monoisotopic (exact) mass is 542 g/mol. The van der Waals surface area contributed by atoms with E-state index in [1.807, 2.05) is 48.5 Å². The van der Waals surface area contributed by atoms with Crippen molar-refractivity contribution in [2.24, 2.45) is 11.0 Å². The van der Waals surface area contributed by atoms with Gasteiger partial charge in [0.15, 0.2) is 0 Å². The fourth-order valence-electron chi connectivity index (χ4n) is 4.15. The van der Waals surface area contributed by atoms with Crippen LogP contribution >= 0.6 is 31.9 Å². The van der Waals surface area contributed by atoms with Gasteiger partial charge in [-0.25, -0.2) is 9.80 Å². The lowest BCUT2D eigenvalue weighted by Gasteiger charge is -2.29. The molecule has 158 valence electrons. The summed E-state index contributed by atoms with van der Waals surface area (Å²) in [5.74, 6) is -1.52. The Labute approximate surface area is 197 Å². The Morgan fingerprint density at radius 3 is 2.29 bits per heavy atom. The summed E-state index contributed by atoms with van der Waals surface area (Å²) in [6.07, 6.45) is 6.90. The van der Waals surface area contributed by atoms with Crippen LogP contribution in [-0.4, -0.2) is 27.7 Å². The smallest absolute Gasteiger partial charge is 0.328 e. The van der Waals surface area contributed by atoms with Crippen molar-refractivity contribution in [2.45, 2.75) is 25.3 Å². The van der Waals surface area contributed by atoms with E-state index in [0.29, 0.717) is 0 Å². The molecule has 1 fully saturated rings. The van der Waals surface area contributed by atoms with E-state index in [4.69, 9.17) is 10.2 Å². The number of carbonyl (C=O) groups excluding carboxylic acids is 1. The zero-order chi connectivity index (χ0) is 22.0. The van der Waals surface area contributed by atoms with E-state index in [2.05, 4.69) is 37.9 Å². The second-order valence-corrected chi connectivity index (χ2v) is 9.39. The van der Waals surface area contributed by atoms with Crippen molar-refractivity contribution >= 4 is 55.5 Å². The number of allylic oxidation sites excluding steroid dienone is 1. The number of carboxylic acids is 1. The first kappa shape index (κ1) is 21.7. The van der Waals surface area contributed by atoms with Gasteiger partial charge in [-0.15, -0.1) is 0 Å². The van der Waals surface area contributed by atoms with Crippen LogP contribution in [0.5, 0.6) is 0 Å². The molecule has 1 N–H and O–H groups in total. The minimum absolute atomic E-state index is 0.0683. The molecule has 5 nitrogen and oxygen atoms in total. The topological polar surface area (TPSA) is 70.0 Å². The highest BCUT2D eigenvalue weighted by Gasteiger charge is 2.43. The maximum absolute atomic E-state index is 12.9. The third-order valence-corrected chi connectivity index (χ3v) is 6.58. The maximum Gasteiger partial charge on any atom is 0.328 e. The van der Waals surface area contributed by atoms with Crippen LogP contribution < -0.4 is 0 Å². The molecular weight excluding hydrogens is 524 g/mol. The summed E-state index contributed by atoms with van der Waals surface area (Å²) in [5.41, 5.74) is 4.10. The van der Waals surface area contributed by atoms with Gasteiger partial charge < -0.3 is 5.11 Å². The Hall–Kier alpha value is -2.51. The van der Waals surface area contributed by atoms with Gasteiger partial charge in [0.1, 0.15) is 0 Å². The second-order valence-electron chi connectivity index (χ2n) is 7.56. The number of carboxylic acid groups (broad SMARTS) is 1. The normalized spacial score (nSPS) is 21.9. The zero-order valence-electron chi connectivity index (χ0n) is 16.5. The van der Waals surface area contributed by atoms with Gasteiger partial charge in [0.2, 0.25) is 0 Å². The fourth-order valence-corrected chi connectivity index (χ4v) is 4.68. The molecule has 0 bridgehead atoms. The summed E-state index contributed by atoms with van der Waals surface area (Å²) in [4.78, 5) is 23.8. The minimum Gasteiger partial charge on any atom is -0.478 e. The molecule has 1 saturated carbocycles. The van der Waals surface area contributed by atoms with Crippen LogP contribution in [0, 0.1) is 5.92 Å². The van der Waals surface area contributed by atoms with E-state index in [0.717, 1.165) is 62.8 Å². The molecule has 0 saturated heterocycles. The van der Waals surface area contributed by atoms with Crippen molar-refractivity contribution in [3.05, 3.63) is 86.3 Å². The van der Waals surface area contributed by atoms with Crippen LogP contribution in [0.3, 0.4) is 0 Å². The number of hydrogen-bond acceptors (Lipinski definition) is 3. The average Bonchev–Trinajstić information content (AvgIpc) is 3.15. The summed E-state index contributed by atoms with van der Waals surface area (Å²) >= 11 is 6.92. The minimum atomic E-state index is -1.16. The number of aliphatic carboxylic acids is 1. The molecular formula is C24H20Br2N2O3. The first-order valence-corrected chi connectivity index (χ1v) is 11.6. The molecule has 2 atom stereocenters. The van der Waals surface area contributed by atoms with E-state index >= 15 is 0 Å². The predicted molar refractivity (Wildman–Crippen MR) is 127 cm³/mol. The first-order valence-electron chi connectivity index (χ1n) is 9.97. The summed E-state index contributed by atoms with van der Waals surface area (Å²) in [5, 5.41) is 15.1. The molecule has 0 radical (unpaired) electrons. The number of rotatable bonds is 4. The third kappa shape index (κ3) is 4.88. The van der Waals surface area contributed by atoms with Crippen LogP contribution in [-0.2, 0) is 9.59 Å². The number of nitrogens with zero attached hydrogens (tertiary/aromatic N) is 2. The molecule has 2 aromatic carbocycles.